The molecule has 2 aromatic carbocycles. The topological polar surface area (TPSA) is 58.6 Å². The minimum atomic E-state index is -1.18. The van der Waals surface area contributed by atoms with Crippen LogP contribution in [0.25, 0.3) is 0 Å². The molecule has 0 spiro atoms. The molecule has 0 heterocycles. The third kappa shape index (κ3) is 3.01. The molecule has 19 heavy (non-hydrogen) atoms. The molecule has 0 amide bonds. The Labute approximate surface area is 109 Å². The van der Waals surface area contributed by atoms with E-state index >= 15 is 0 Å². The fraction of sp³-hybridized carbons (Fsp3) is 0.0714. The number of para-hydroxylation sites is 2. The predicted molar refractivity (Wildman–Crippen MR) is 69.6 cm³/mol. The number of carboxylic acid groups (broad SMARTS) is 1. The molecule has 98 valence electrons. The summed E-state index contributed by atoms with van der Waals surface area (Å²) in [6.45, 7) is 0. The van der Waals surface area contributed by atoms with Crippen LogP contribution in [0.2, 0.25) is 0 Å². The number of aromatic carboxylic acids is 1. The van der Waals surface area contributed by atoms with Gasteiger partial charge in [-0.1, -0.05) is 12.1 Å². The highest BCUT2D eigenvalue weighted by molar-refractivity contribution is 5.89. The summed E-state index contributed by atoms with van der Waals surface area (Å²) in [5, 5.41) is 11.8. The van der Waals surface area contributed by atoms with Crippen molar-refractivity contribution in [2.45, 2.75) is 0 Å². The van der Waals surface area contributed by atoms with E-state index in [0.717, 1.165) is 6.07 Å². The average Bonchev–Trinajstić information content (AvgIpc) is 2.38. The van der Waals surface area contributed by atoms with Gasteiger partial charge in [0.05, 0.1) is 18.4 Å². The van der Waals surface area contributed by atoms with Crippen LogP contribution in [0, 0.1) is 5.82 Å². The van der Waals surface area contributed by atoms with Crippen molar-refractivity contribution in [1.29, 1.82) is 0 Å². The van der Waals surface area contributed by atoms with Crippen molar-refractivity contribution in [2.75, 3.05) is 12.4 Å². The van der Waals surface area contributed by atoms with E-state index in [1.165, 1.54) is 19.2 Å². The largest absolute Gasteiger partial charge is 0.495 e. The quantitative estimate of drug-likeness (QED) is 0.886. The lowest BCUT2D eigenvalue weighted by Crippen LogP contribution is -2.00. The van der Waals surface area contributed by atoms with Crippen molar-refractivity contribution in [2.24, 2.45) is 0 Å². The van der Waals surface area contributed by atoms with E-state index in [1.807, 2.05) is 0 Å². The number of benzene rings is 2. The molecule has 0 saturated carbocycles. The van der Waals surface area contributed by atoms with Crippen LogP contribution in [0.3, 0.4) is 0 Å². The summed E-state index contributed by atoms with van der Waals surface area (Å²) in [5.74, 6) is -1.21. The Morgan fingerprint density at radius 3 is 2.68 bits per heavy atom. The molecule has 0 bridgehead atoms. The van der Waals surface area contributed by atoms with E-state index in [9.17, 15) is 9.18 Å². The normalized spacial score (nSPS) is 10.0. The minimum Gasteiger partial charge on any atom is -0.495 e. The van der Waals surface area contributed by atoms with Crippen LogP contribution < -0.4 is 10.1 Å². The average molecular weight is 261 g/mol. The van der Waals surface area contributed by atoms with E-state index in [1.54, 1.807) is 24.3 Å². The number of hydrogen-bond acceptors (Lipinski definition) is 3. The summed E-state index contributed by atoms with van der Waals surface area (Å²) in [6.07, 6.45) is 0. The molecule has 0 radical (unpaired) electrons. The Hall–Kier alpha value is -2.56. The molecule has 4 nitrogen and oxygen atoms in total. The number of carbonyl (C=O) groups is 1. The van der Waals surface area contributed by atoms with Crippen molar-refractivity contribution in [3.63, 3.8) is 0 Å². The van der Waals surface area contributed by atoms with Crippen LogP contribution in [0.15, 0.2) is 42.5 Å². The third-order valence-corrected chi connectivity index (χ3v) is 2.53. The Balaban J connectivity index is 2.35. The fourth-order valence-corrected chi connectivity index (χ4v) is 1.69. The first kappa shape index (κ1) is 12.9. The number of anilines is 2. The second-order valence-corrected chi connectivity index (χ2v) is 3.86. The maximum atomic E-state index is 13.3. The number of ether oxygens (including phenoxy) is 1. The zero-order valence-corrected chi connectivity index (χ0v) is 10.2. The number of halogens is 1. The molecule has 0 aromatic heterocycles. The summed E-state index contributed by atoms with van der Waals surface area (Å²) in [7, 11) is 1.52. The van der Waals surface area contributed by atoms with Crippen molar-refractivity contribution < 1.29 is 19.0 Å². The lowest BCUT2D eigenvalue weighted by molar-refractivity contribution is 0.0696. The van der Waals surface area contributed by atoms with Crippen LogP contribution in [-0.4, -0.2) is 18.2 Å². The maximum Gasteiger partial charge on any atom is 0.335 e. The second-order valence-electron chi connectivity index (χ2n) is 3.86. The highest BCUT2D eigenvalue weighted by Gasteiger charge is 2.08. The molecule has 0 aliphatic rings. The molecule has 0 unspecified atom stereocenters. The Kier molecular flexibility index (Phi) is 3.66. The van der Waals surface area contributed by atoms with Gasteiger partial charge in [0.2, 0.25) is 0 Å². The molecule has 2 N–H and O–H groups in total. The van der Waals surface area contributed by atoms with Crippen LogP contribution in [0.1, 0.15) is 10.4 Å². The monoisotopic (exact) mass is 261 g/mol. The highest BCUT2D eigenvalue weighted by atomic mass is 19.1. The fourth-order valence-electron chi connectivity index (χ4n) is 1.69. The molecule has 2 aromatic rings. The van der Waals surface area contributed by atoms with Gasteiger partial charge in [-0.2, -0.15) is 0 Å². The number of carboxylic acids is 1. The predicted octanol–water partition coefficient (Wildman–Crippen LogP) is 3.28. The minimum absolute atomic E-state index is 0.114. The molecule has 0 saturated heterocycles. The molecular weight excluding hydrogens is 249 g/mol. The van der Waals surface area contributed by atoms with Gasteiger partial charge in [0.15, 0.2) is 0 Å². The number of nitrogens with one attached hydrogen (secondary N) is 1. The molecule has 2 rings (SSSR count). The van der Waals surface area contributed by atoms with Gasteiger partial charge in [-0.3, -0.25) is 0 Å². The molecular formula is C14H12FNO3. The number of methoxy groups -OCH3 is 1. The van der Waals surface area contributed by atoms with E-state index < -0.39 is 11.8 Å². The number of hydrogen-bond donors (Lipinski definition) is 2. The van der Waals surface area contributed by atoms with Gasteiger partial charge in [0, 0.05) is 5.69 Å². The van der Waals surface area contributed by atoms with Crippen LogP contribution in [0.5, 0.6) is 5.75 Å². The van der Waals surface area contributed by atoms with Gasteiger partial charge in [0.25, 0.3) is 0 Å². The lowest BCUT2D eigenvalue weighted by atomic mass is 10.2. The first-order chi connectivity index (χ1) is 9.10. The van der Waals surface area contributed by atoms with Gasteiger partial charge in [0.1, 0.15) is 11.6 Å². The molecule has 0 aliphatic heterocycles. The zero-order chi connectivity index (χ0) is 13.8. The van der Waals surface area contributed by atoms with Gasteiger partial charge in [-0.15, -0.1) is 0 Å². The van der Waals surface area contributed by atoms with Crippen molar-refractivity contribution in [3.8, 4) is 5.75 Å². The number of rotatable bonds is 4. The van der Waals surface area contributed by atoms with Crippen molar-refractivity contribution >= 4 is 17.3 Å². The summed E-state index contributed by atoms with van der Waals surface area (Å²) >= 11 is 0. The molecule has 0 atom stereocenters. The summed E-state index contributed by atoms with van der Waals surface area (Å²) < 4.78 is 18.5. The summed E-state index contributed by atoms with van der Waals surface area (Å²) in [5.41, 5.74) is 0.867. The SMILES string of the molecule is COc1ccccc1Nc1cc(F)cc(C(=O)O)c1. The first-order valence-electron chi connectivity index (χ1n) is 5.54. The Morgan fingerprint density at radius 2 is 2.00 bits per heavy atom. The third-order valence-electron chi connectivity index (χ3n) is 2.53. The van der Waals surface area contributed by atoms with Gasteiger partial charge in [-0.25, -0.2) is 9.18 Å². The standard InChI is InChI=1S/C14H12FNO3/c1-19-13-5-3-2-4-12(13)16-11-7-9(14(17)18)6-10(15)8-11/h2-8,16H,1H3,(H,17,18). The van der Waals surface area contributed by atoms with Gasteiger partial charge < -0.3 is 15.2 Å². The smallest absolute Gasteiger partial charge is 0.335 e. The highest BCUT2D eigenvalue weighted by Crippen LogP contribution is 2.27. The van der Waals surface area contributed by atoms with Crippen molar-refractivity contribution in [1.82, 2.24) is 0 Å². The molecule has 0 fully saturated rings. The Bertz CT molecular complexity index is 613. The van der Waals surface area contributed by atoms with Gasteiger partial charge in [-0.05, 0) is 30.3 Å². The lowest BCUT2D eigenvalue weighted by Gasteiger charge is -2.11. The van der Waals surface area contributed by atoms with E-state index in [-0.39, 0.29) is 5.56 Å². The summed E-state index contributed by atoms with van der Waals surface area (Å²) in [6, 6.07) is 10.6. The van der Waals surface area contributed by atoms with Crippen LogP contribution in [0.4, 0.5) is 15.8 Å². The first-order valence-corrected chi connectivity index (χ1v) is 5.54. The zero-order valence-electron chi connectivity index (χ0n) is 10.2. The molecule has 0 aliphatic carbocycles. The van der Waals surface area contributed by atoms with E-state index in [0.29, 0.717) is 17.1 Å². The Morgan fingerprint density at radius 1 is 1.26 bits per heavy atom. The van der Waals surface area contributed by atoms with Crippen LogP contribution in [-0.2, 0) is 0 Å². The van der Waals surface area contributed by atoms with E-state index in [2.05, 4.69) is 5.32 Å². The van der Waals surface area contributed by atoms with E-state index in [4.69, 9.17) is 9.84 Å². The maximum absolute atomic E-state index is 13.3. The second kappa shape index (κ2) is 5.39. The summed E-state index contributed by atoms with van der Waals surface area (Å²) in [4.78, 5) is 10.9. The van der Waals surface area contributed by atoms with Crippen molar-refractivity contribution in [3.05, 3.63) is 53.8 Å². The molecule has 5 heteroatoms. The van der Waals surface area contributed by atoms with Crippen LogP contribution >= 0.6 is 0 Å². The van der Waals surface area contributed by atoms with Gasteiger partial charge >= 0.3 is 5.97 Å².